The molecule has 0 spiro atoms. The van der Waals surface area contributed by atoms with Gasteiger partial charge in [0.1, 0.15) is 18.2 Å². The second-order valence-electron chi connectivity index (χ2n) is 16.5. The maximum absolute atomic E-state index is 13.5. The van der Waals surface area contributed by atoms with Gasteiger partial charge in [-0.15, -0.1) is 0 Å². The van der Waals surface area contributed by atoms with Crippen molar-refractivity contribution >= 4 is 34.4 Å². The van der Waals surface area contributed by atoms with Gasteiger partial charge in [0, 0.05) is 66.0 Å². The van der Waals surface area contributed by atoms with Crippen LogP contribution in [0.25, 0.3) is 22.4 Å². The zero-order chi connectivity index (χ0) is 38.2. The van der Waals surface area contributed by atoms with E-state index in [2.05, 4.69) is 79.6 Å². The first kappa shape index (κ1) is 36.8. The van der Waals surface area contributed by atoms with Gasteiger partial charge < -0.3 is 28.4 Å². The lowest BCUT2D eigenvalue weighted by atomic mass is 9.68. The topological polar surface area (TPSA) is 87.4 Å². The van der Waals surface area contributed by atoms with Gasteiger partial charge in [0.15, 0.2) is 17.3 Å². The molecule has 1 saturated carbocycles. The molecule has 3 heterocycles. The maximum atomic E-state index is 13.5. The molecule has 5 aromatic rings. The summed E-state index contributed by atoms with van der Waals surface area (Å²) in [5.74, 6) is 3.25. The highest BCUT2D eigenvalue weighted by atomic mass is 16.5. The Morgan fingerprint density at radius 1 is 0.855 bits per heavy atom. The van der Waals surface area contributed by atoms with Crippen molar-refractivity contribution < 1.29 is 23.7 Å². The summed E-state index contributed by atoms with van der Waals surface area (Å²) >= 11 is 0. The van der Waals surface area contributed by atoms with E-state index in [-0.39, 0.29) is 28.4 Å². The van der Waals surface area contributed by atoms with Crippen molar-refractivity contribution in [1.29, 1.82) is 0 Å². The molecule has 1 aromatic heterocycles. The predicted octanol–water partition coefficient (Wildman–Crippen LogP) is 9.57. The number of aromatic nitrogens is 2. The van der Waals surface area contributed by atoms with Crippen molar-refractivity contribution in [3.05, 3.63) is 96.1 Å². The van der Waals surface area contributed by atoms with Gasteiger partial charge in [0.2, 0.25) is 0 Å². The molecule has 9 heteroatoms. The number of carbonyl (C=O) groups excluding carboxylic acids is 1. The number of Topliss-reactive ketones (excluding diaryl/α,β-unsaturated/α-hetero) is 1. The van der Waals surface area contributed by atoms with Crippen molar-refractivity contribution in [3.63, 3.8) is 0 Å². The van der Waals surface area contributed by atoms with Crippen LogP contribution in [0.5, 0.6) is 17.2 Å². The fraction of sp³-hybridized carbons (Fsp3) is 0.413. The maximum Gasteiger partial charge on any atom is 0.168 e. The number of rotatable bonds is 12. The summed E-state index contributed by atoms with van der Waals surface area (Å²) < 4.78 is 26.6. The van der Waals surface area contributed by atoms with Crippen LogP contribution in [-0.4, -0.2) is 61.6 Å². The second kappa shape index (κ2) is 15.2. The van der Waals surface area contributed by atoms with E-state index >= 15 is 0 Å². The highest BCUT2D eigenvalue weighted by molar-refractivity contribution is 6.06. The van der Waals surface area contributed by atoms with Gasteiger partial charge in [-0.3, -0.25) is 9.79 Å². The van der Waals surface area contributed by atoms with Crippen LogP contribution >= 0.6 is 0 Å². The third-order valence-corrected chi connectivity index (χ3v) is 12.3. The quantitative estimate of drug-likeness (QED) is 0.126. The second-order valence-corrected chi connectivity index (χ2v) is 16.5. The van der Waals surface area contributed by atoms with Crippen molar-refractivity contribution in [1.82, 2.24) is 9.55 Å². The average Bonchev–Trinajstić information content (AvgIpc) is 3.80. The SMILES string of the molecule is COc1cc2c(cc1OCC(C)(C)C(C)(C)Cn1c(-c3ccc(OCc4ccccc4)cc3)nc3ccc(N4CCOCC4)cc31)N=CC1CCCC1C2=O. The molecular formula is C46H52N4O5. The van der Waals surface area contributed by atoms with Crippen LogP contribution in [0.3, 0.4) is 0 Å². The molecule has 4 aromatic carbocycles. The van der Waals surface area contributed by atoms with E-state index in [1.165, 1.54) is 5.69 Å². The van der Waals surface area contributed by atoms with Crippen molar-refractivity contribution in [2.45, 2.75) is 60.1 Å². The summed E-state index contributed by atoms with van der Waals surface area (Å²) in [5.41, 5.74) is 6.08. The van der Waals surface area contributed by atoms with Gasteiger partial charge in [-0.1, -0.05) is 64.4 Å². The molecule has 0 bridgehead atoms. The van der Waals surface area contributed by atoms with Gasteiger partial charge in [-0.05, 0) is 72.4 Å². The minimum atomic E-state index is -0.314. The number of fused-ring (bicyclic) bond motifs is 3. The number of methoxy groups -OCH3 is 1. The lowest BCUT2D eigenvalue weighted by Crippen LogP contribution is -2.41. The monoisotopic (exact) mass is 740 g/mol. The number of carbonyl (C=O) groups is 1. The van der Waals surface area contributed by atoms with E-state index in [4.69, 9.17) is 28.9 Å². The molecule has 0 N–H and O–H groups in total. The number of ketones is 1. The third kappa shape index (κ3) is 7.46. The lowest BCUT2D eigenvalue weighted by molar-refractivity contribution is 0.0346. The Labute approximate surface area is 324 Å². The summed E-state index contributed by atoms with van der Waals surface area (Å²) in [6.45, 7) is 13.9. The van der Waals surface area contributed by atoms with E-state index in [0.717, 1.165) is 79.3 Å². The van der Waals surface area contributed by atoms with Crippen LogP contribution in [0, 0.1) is 22.7 Å². The lowest BCUT2D eigenvalue weighted by Gasteiger charge is -2.42. The summed E-state index contributed by atoms with van der Waals surface area (Å²) in [6.07, 6.45) is 4.96. The van der Waals surface area contributed by atoms with E-state index in [9.17, 15) is 4.79 Å². The number of ether oxygens (including phenoxy) is 4. The molecule has 55 heavy (non-hydrogen) atoms. The average molecular weight is 741 g/mol. The molecule has 2 fully saturated rings. The van der Waals surface area contributed by atoms with Crippen LogP contribution in [-0.2, 0) is 17.9 Å². The molecule has 2 unspecified atom stereocenters. The van der Waals surface area contributed by atoms with Gasteiger partial charge >= 0.3 is 0 Å². The summed E-state index contributed by atoms with van der Waals surface area (Å²) in [5, 5.41) is 0. The van der Waals surface area contributed by atoms with Crippen molar-refractivity contribution in [3.8, 4) is 28.6 Å². The van der Waals surface area contributed by atoms with Gasteiger partial charge in [0.25, 0.3) is 0 Å². The minimum Gasteiger partial charge on any atom is -0.493 e. The van der Waals surface area contributed by atoms with Crippen molar-refractivity contribution in [2.24, 2.45) is 27.7 Å². The Kier molecular flexibility index (Phi) is 10.2. The normalized spacial score (nSPS) is 18.6. The molecule has 2 aliphatic heterocycles. The molecule has 286 valence electrons. The highest BCUT2D eigenvalue weighted by Crippen LogP contribution is 2.46. The predicted molar refractivity (Wildman–Crippen MR) is 218 cm³/mol. The van der Waals surface area contributed by atoms with Crippen LogP contribution in [0.2, 0.25) is 0 Å². The smallest absolute Gasteiger partial charge is 0.168 e. The number of hydrogen-bond donors (Lipinski definition) is 0. The molecule has 0 amide bonds. The van der Waals surface area contributed by atoms with E-state index < -0.39 is 0 Å². The molecule has 9 nitrogen and oxygen atoms in total. The first-order valence-corrected chi connectivity index (χ1v) is 19.6. The largest absolute Gasteiger partial charge is 0.493 e. The van der Waals surface area contributed by atoms with Crippen LogP contribution < -0.4 is 19.1 Å². The Hall–Kier alpha value is -5.15. The molecule has 3 aliphatic rings. The molecular weight excluding hydrogens is 689 g/mol. The van der Waals surface area contributed by atoms with Gasteiger partial charge in [0.05, 0.1) is 43.7 Å². The fourth-order valence-electron chi connectivity index (χ4n) is 8.01. The van der Waals surface area contributed by atoms with Crippen LogP contribution in [0.15, 0.2) is 89.9 Å². The summed E-state index contributed by atoms with van der Waals surface area (Å²) in [4.78, 5) is 25.9. The standard InChI is InChI=1S/C46H52N4O5/c1-45(2,46(3,4)30-55-42-26-39-37(25-41(42)52-5)43(51)36-13-9-12-33(36)27-47-39)29-50-40-24-34(49-20-22-53-23-21-49)16-19-38(40)48-44(50)32-14-17-35(18-15-32)54-28-31-10-7-6-8-11-31/h6-8,10-11,14-19,24-27,33,36H,9,12-13,20-23,28-30H2,1-5H3. The number of hydrogen-bond acceptors (Lipinski definition) is 8. The van der Waals surface area contributed by atoms with Gasteiger partial charge in [-0.25, -0.2) is 4.98 Å². The number of morpholine rings is 1. The molecule has 2 atom stereocenters. The zero-order valence-corrected chi connectivity index (χ0v) is 32.7. The Bertz CT molecular complexity index is 2180. The Morgan fingerprint density at radius 3 is 2.40 bits per heavy atom. The Balaban J connectivity index is 1.08. The minimum absolute atomic E-state index is 0.00112. The first-order chi connectivity index (χ1) is 26.6. The third-order valence-electron chi connectivity index (χ3n) is 12.3. The van der Waals surface area contributed by atoms with Crippen LogP contribution in [0.1, 0.15) is 62.9 Å². The number of aliphatic imine (C=N–C) groups is 1. The highest BCUT2D eigenvalue weighted by Gasteiger charge is 2.40. The Morgan fingerprint density at radius 2 is 1.64 bits per heavy atom. The number of nitrogens with zero attached hydrogens (tertiary/aromatic N) is 4. The number of imidazole rings is 1. The number of benzene rings is 4. The van der Waals surface area contributed by atoms with Gasteiger partial charge in [-0.2, -0.15) is 0 Å². The van der Waals surface area contributed by atoms with Crippen molar-refractivity contribution in [2.75, 3.05) is 44.9 Å². The van der Waals surface area contributed by atoms with E-state index in [1.54, 1.807) is 7.11 Å². The molecule has 8 rings (SSSR count). The van der Waals surface area contributed by atoms with E-state index in [0.29, 0.717) is 42.5 Å². The van der Waals surface area contributed by atoms with E-state index in [1.807, 2.05) is 48.7 Å². The zero-order valence-electron chi connectivity index (χ0n) is 32.7. The molecule has 0 radical (unpaired) electrons. The number of anilines is 1. The summed E-state index contributed by atoms with van der Waals surface area (Å²) in [6, 6.07) is 28.8. The van der Waals surface area contributed by atoms with Crippen LogP contribution in [0.4, 0.5) is 11.4 Å². The molecule has 1 aliphatic carbocycles. The fourth-order valence-corrected chi connectivity index (χ4v) is 8.01. The summed E-state index contributed by atoms with van der Waals surface area (Å²) in [7, 11) is 1.63. The first-order valence-electron chi connectivity index (χ1n) is 19.6. The molecule has 1 saturated heterocycles.